The number of hydrogen-bond acceptors (Lipinski definition) is 4. The van der Waals surface area contributed by atoms with Crippen LogP contribution in [0.3, 0.4) is 0 Å². The lowest BCUT2D eigenvalue weighted by molar-refractivity contribution is -0.0739. The van der Waals surface area contributed by atoms with Crippen molar-refractivity contribution in [1.82, 2.24) is 0 Å². The third-order valence-electron chi connectivity index (χ3n) is 4.88. The zero-order valence-electron chi connectivity index (χ0n) is 17.9. The summed E-state index contributed by atoms with van der Waals surface area (Å²) in [6.45, 7) is 7.11. The molecule has 3 aromatic rings. The van der Waals surface area contributed by atoms with E-state index in [9.17, 15) is 0 Å². The van der Waals surface area contributed by atoms with Crippen LogP contribution in [0.15, 0.2) is 78.9 Å². The van der Waals surface area contributed by atoms with Crippen molar-refractivity contribution in [2.45, 2.75) is 39.4 Å². The predicted molar refractivity (Wildman–Crippen MR) is 120 cm³/mol. The fourth-order valence-corrected chi connectivity index (χ4v) is 2.97. The van der Waals surface area contributed by atoms with Crippen molar-refractivity contribution in [3.8, 4) is 23.0 Å². The Morgan fingerprint density at radius 1 is 0.700 bits per heavy atom. The first-order valence-corrected chi connectivity index (χ1v) is 10.5. The lowest BCUT2D eigenvalue weighted by atomic mass is 9.99. The lowest BCUT2D eigenvalue weighted by Gasteiger charge is -2.17. The molecule has 0 heterocycles. The number of ether oxygens (including phenoxy) is 4. The monoisotopic (exact) mass is 406 g/mol. The van der Waals surface area contributed by atoms with Crippen LogP contribution in [0.5, 0.6) is 23.0 Å². The maximum atomic E-state index is 5.91. The van der Waals surface area contributed by atoms with Gasteiger partial charge in [0.1, 0.15) is 18.1 Å². The molecule has 0 aliphatic heterocycles. The van der Waals surface area contributed by atoms with Crippen molar-refractivity contribution in [2.75, 3.05) is 13.2 Å². The zero-order valence-corrected chi connectivity index (χ0v) is 17.9. The molecule has 158 valence electrons. The van der Waals surface area contributed by atoms with Gasteiger partial charge in [-0.15, -0.1) is 0 Å². The minimum absolute atomic E-state index is 0.362. The Labute approximate surface area is 179 Å². The van der Waals surface area contributed by atoms with Gasteiger partial charge in [-0.2, -0.15) is 0 Å². The van der Waals surface area contributed by atoms with Gasteiger partial charge in [-0.3, -0.25) is 0 Å². The van der Waals surface area contributed by atoms with Gasteiger partial charge in [0.05, 0.1) is 6.61 Å². The quantitative estimate of drug-likeness (QED) is 0.259. The molecule has 4 nitrogen and oxygen atoms in total. The Balaban J connectivity index is 1.44. The number of hydrogen-bond donors (Lipinski definition) is 0. The van der Waals surface area contributed by atoms with Crippen molar-refractivity contribution >= 4 is 0 Å². The van der Waals surface area contributed by atoms with Crippen LogP contribution in [0.4, 0.5) is 0 Å². The van der Waals surface area contributed by atoms with E-state index in [-0.39, 0.29) is 6.29 Å². The second kappa shape index (κ2) is 11.3. The third-order valence-corrected chi connectivity index (χ3v) is 4.88. The lowest BCUT2D eigenvalue weighted by Crippen LogP contribution is -2.20. The van der Waals surface area contributed by atoms with Crippen LogP contribution in [-0.2, 0) is 4.74 Å². The predicted octanol–water partition coefficient (Wildman–Crippen LogP) is 6.81. The molecule has 4 heteroatoms. The summed E-state index contributed by atoms with van der Waals surface area (Å²) in [5, 5.41) is 0. The first kappa shape index (κ1) is 21.7. The summed E-state index contributed by atoms with van der Waals surface area (Å²) in [7, 11) is 0. The van der Waals surface area contributed by atoms with Crippen LogP contribution < -0.4 is 14.2 Å². The summed E-state index contributed by atoms with van der Waals surface area (Å²) in [4.78, 5) is 0. The smallest absolute Gasteiger partial charge is 0.197 e. The summed E-state index contributed by atoms with van der Waals surface area (Å²) in [5.41, 5.74) is 1.32. The van der Waals surface area contributed by atoms with Gasteiger partial charge in [0.25, 0.3) is 0 Å². The molecule has 3 rings (SSSR count). The molecule has 0 bridgehead atoms. The van der Waals surface area contributed by atoms with Crippen LogP contribution in [0.25, 0.3) is 0 Å². The maximum absolute atomic E-state index is 5.91. The molecule has 0 aliphatic carbocycles. The standard InChI is InChI=1S/C26H30O4/c1-4-20(2)22-14-16-24(17-15-22)29-21(3)27-18-19-28-25-12-8-9-13-26(25)30-23-10-6-5-7-11-23/h5-17,20-21H,4,18-19H2,1-3H3. The summed E-state index contributed by atoms with van der Waals surface area (Å²) in [5.74, 6) is 3.48. The van der Waals surface area contributed by atoms with E-state index in [1.807, 2.05) is 73.7 Å². The van der Waals surface area contributed by atoms with Gasteiger partial charge in [0, 0.05) is 0 Å². The highest BCUT2D eigenvalue weighted by Crippen LogP contribution is 2.31. The summed E-state index contributed by atoms with van der Waals surface area (Å²) < 4.78 is 23.3. The summed E-state index contributed by atoms with van der Waals surface area (Å²) in [6, 6.07) is 25.5. The highest BCUT2D eigenvalue weighted by Gasteiger charge is 2.08. The molecule has 0 radical (unpaired) electrons. The molecule has 0 fully saturated rings. The Bertz CT molecular complexity index is 877. The van der Waals surface area contributed by atoms with Gasteiger partial charge in [-0.1, -0.05) is 56.3 Å². The first-order valence-electron chi connectivity index (χ1n) is 10.5. The van der Waals surface area contributed by atoms with Crippen molar-refractivity contribution in [2.24, 2.45) is 0 Å². The van der Waals surface area contributed by atoms with Crippen molar-refractivity contribution < 1.29 is 18.9 Å². The molecular weight excluding hydrogens is 376 g/mol. The molecule has 0 spiro atoms. The Morgan fingerprint density at radius 2 is 1.37 bits per heavy atom. The Kier molecular flexibility index (Phi) is 8.16. The van der Waals surface area contributed by atoms with E-state index in [4.69, 9.17) is 18.9 Å². The van der Waals surface area contributed by atoms with Gasteiger partial charge in [-0.25, -0.2) is 0 Å². The Morgan fingerprint density at radius 3 is 2.07 bits per heavy atom. The highest BCUT2D eigenvalue weighted by molar-refractivity contribution is 5.42. The van der Waals surface area contributed by atoms with Gasteiger partial charge < -0.3 is 18.9 Å². The van der Waals surface area contributed by atoms with Crippen molar-refractivity contribution in [3.63, 3.8) is 0 Å². The molecule has 3 aromatic carbocycles. The van der Waals surface area contributed by atoms with E-state index < -0.39 is 0 Å². The van der Waals surface area contributed by atoms with Gasteiger partial charge in [0.2, 0.25) is 0 Å². The first-order chi connectivity index (χ1) is 14.7. The normalized spacial score (nSPS) is 12.8. The molecule has 30 heavy (non-hydrogen) atoms. The van der Waals surface area contributed by atoms with E-state index >= 15 is 0 Å². The Hall–Kier alpha value is -2.98. The largest absolute Gasteiger partial charge is 0.487 e. The van der Waals surface area contributed by atoms with Crippen LogP contribution in [-0.4, -0.2) is 19.5 Å². The van der Waals surface area contributed by atoms with E-state index in [1.165, 1.54) is 5.56 Å². The summed E-state index contributed by atoms with van der Waals surface area (Å²) in [6.07, 6.45) is 0.762. The molecule has 2 atom stereocenters. The van der Waals surface area contributed by atoms with Crippen LogP contribution in [0, 0.1) is 0 Å². The van der Waals surface area contributed by atoms with Crippen molar-refractivity contribution in [1.29, 1.82) is 0 Å². The fraction of sp³-hybridized carbons (Fsp3) is 0.308. The molecule has 0 aromatic heterocycles. The second-order valence-electron chi connectivity index (χ2n) is 7.14. The second-order valence-corrected chi connectivity index (χ2v) is 7.14. The van der Waals surface area contributed by atoms with Gasteiger partial charge >= 0.3 is 0 Å². The van der Waals surface area contributed by atoms with Gasteiger partial charge in [0.15, 0.2) is 17.8 Å². The van der Waals surface area contributed by atoms with E-state index in [0.717, 1.165) is 17.9 Å². The fourth-order valence-electron chi connectivity index (χ4n) is 2.97. The number of rotatable bonds is 11. The molecule has 2 unspecified atom stereocenters. The molecule has 0 saturated heterocycles. The van der Waals surface area contributed by atoms with Crippen molar-refractivity contribution in [3.05, 3.63) is 84.4 Å². The van der Waals surface area contributed by atoms with E-state index in [1.54, 1.807) is 0 Å². The maximum Gasteiger partial charge on any atom is 0.197 e. The minimum atomic E-state index is -0.362. The van der Waals surface area contributed by atoms with E-state index in [0.29, 0.717) is 30.6 Å². The number of para-hydroxylation sites is 3. The molecular formula is C26H30O4. The number of benzene rings is 3. The molecule has 0 amide bonds. The average Bonchev–Trinajstić information content (AvgIpc) is 2.78. The van der Waals surface area contributed by atoms with Crippen LogP contribution in [0.2, 0.25) is 0 Å². The molecule has 0 N–H and O–H groups in total. The SMILES string of the molecule is CCC(C)c1ccc(OC(C)OCCOc2ccccc2Oc2ccccc2)cc1. The topological polar surface area (TPSA) is 36.9 Å². The van der Waals surface area contributed by atoms with Crippen LogP contribution >= 0.6 is 0 Å². The summed E-state index contributed by atoms with van der Waals surface area (Å²) >= 11 is 0. The minimum Gasteiger partial charge on any atom is -0.487 e. The molecule has 0 saturated carbocycles. The van der Waals surface area contributed by atoms with Crippen LogP contribution in [0.1, 0.15) is 38.7 Å². The van der Waals surface area contributed by atoms with E-state index in [2.05, 4.69) is 26.0 Å². The van der Waals surface area contributed by atoms with Gasteiger partial charge in [-0.05, 0) is 61.2 Å². The zero-order chi connectivity index (χ0) is 21.2. The average molecular weight is 407 g/mol. The highest BCUT2D eigenvalue weighted by atomic mass is 16.7. The third kappa shape index (κ3) is 6.53. The molecule has 0 aliphatic rings.